The maximum absolute atomic E-state index is 14.2. The van der Waals surface area contributed by atoms with Crippen LogP contribution in [0.3, 0.4) is 0 Å². The van der Waals surface area contributed by atoms with Crippen LogP contribution in [0, 0.1) is 13.8 Å². The molecule has 3 aromatic rings. The molecule has 0 saturated carbocycles. The number of rotatable bonds is 11. The normalized spacial score (nSPS) is 12.3. The van der Waals surface area contributed by atoms with Crippen molar-refractivity contribution in [1.82, 2.24) is 10.2 Å². The molecule has 1 atom stereocenters. The topological polar surface area (TPSA) is 105 Å². The monoisotopic (exact) mass is 595 g/mol. The summed E-state index contributed by atoms with van der Waals surface area (Å²) < 4.78 is 40.2. The Morgan fingerprint density at radius 1 is 0.881 bits per heavy atom. The third kappa shape index (κ3) is 8.03. The fraction of sp³-hybridized carbons (Fsp3) is 0.375. The second-order valence-electron chi connectivity index (χ2n) is 11.3. The molecule has 0 bridgehead atoms. The van der Waals surface area contributed by atoms with E-state index >= 15 is 0 Å². The number of anilines is 1. The maximum Gasteiger partial charge on any atom is 0.264 e. The second-order valence-corrected chi connectivity index (χ2v) is 13.1. The lowest BCUT2D eigenvalue weighted by Crippen LogP contribution is -2.54. The zero-order chi connectivity index (χ0) is 31.2. The van der Waals surface area contributed by atoms with Crippen LogP contribution in [0.2, 0.25) is 0 Å². The van der Waals surface area contributed by atoms with Crippen LogP contribution >= 0.6 is 0 Å². The molecule has 0 aliphatic heterocycles. The zero-order valence-electron chi connectivity index (χ0n) is 25.6. The van der Waals surface area contributed by atoms with Gasteiger partial charge in [0.25, 0.3) is 10.0 Å². The molecule has 2 amide bonds. The van der Waals surface area contributed by atoms with E-state index in [2.05, 4.69) is 5.32 Å². The van der Waals surface area contributed by atoms with E-state index in [4.69, 9.17) is 9.47 Å². The molecular weight excluding hydrogens is 554 g/mol. The highest BCUT2D eigenvalue weighted by molar-refractivity contribution is 7.92. The van der Waals surface area contributed by atoms with Crippen molar-refractivity contribution in [3.05, 3.63) is 83.4 Å². The molecule has 0 heterocycles. The van der Waals surface area contributed by atoms with Crippen molar-refractivity contribution in [2.24, 2.45) is 0 Å². The summed E-state index contributed by atoms with van der Waals surface area (Å²) in [6, 6.07) is 17.8. The summed E-state index contributed by atoms with van der Waals surface area (Å²) in [7, 11) is -1.37. The van der Waals surface area contributed by atoms with Gasteiger partial charge in [-0.25, -0.2) is 8.42 Å². The first-order valence-corrected chi connectivity index (χ1v) is 15.1. The minimum absolute atomic E-state index is 0.00869. The van der Waals surface area contributed by atoms with Gasteiger partial charge in [-0.15, -0.1) is 0 Å². The Morgan fingerprint density at radius 3 is 1.98 bits per heavy atom. The van der Waals surface area contributed by atoms with Gasteiger partial charge in [0.1, 0.15) is 24.1 Å². The molecule has 3 rings (SSSR count). The molecule has 226 valence electrons. The first-order chi connectivity index (χ1) is 19.7. The SMILES string of the molecule is COc1ccc(OC)c(N(CC(=O)N(Cc2ccc(C)cc2)[C@@H](C)C(=O)NC(C)(C)C)S(=O)(=O)c2ccc(C)cc2)c1. The first-order valence-electron chi connectivity index (χ1n) is 13.6. The summed E-state index contributed by atoms with van der Waals surface area (Å²) in [5.41, 5.74) is 2.34. The van der Waals surface area contributed by atoms with Gasteiger partial charge in [-0.05, 0) is 71.4 Å². The number of hydrogen-bond acceptors (Lipinski definition) is 6. The summed E-state index contributed by atoms with van der Waals surface area (Å²) >= 11 is 0. The molecule has 9 nitrogen and oxygen atoms in total. The second kappa shape index (κ2) is 13.3. The van der Waals surface area contributed by atoms with Gasteiger partial charge in [0.2, 0.25) is 11.8 Å². The number of carbonyl (C=O) groups is 2. The van der Waals surface area contributed by atoms with Crippen LogP contribution in [0.1, 0.15) is 44.4 Å². The van der Waals surface area contributed by atoms with E-state index in [0.29, 0.717) is 5.75 Å². The van der Waals surface area contributed by atoms with Gasteiger partial charge < -0.3 is 19.7 Å². The number of methoxy groups -OCH3 is 2. The van der Waals surface area contributed by atoms with Crippen molar-refractivity contribution in [3.8, 4) is 11.5 Å². The van der Waals surface area contributed by atoms with Crippen molar-refractivity contribution in [2.45, 2.75) is 64.6 Å². The van der Waals surface area contributed by atoms with Gasteiger partial charge in [-0.1, -0.05) is 47.5 Å². The predicted octanol–water partition coefficient (Wildman–Crippen LogP) is 4.85. The molecular formula is C32H41N3O6S. The van der Waals surface area contributed by atoms with Crippen LogP contribution in [0.4, 0.5) is 5.69 Å². The standard InChI is InChI=1S/C32H41N3O6S/c1-22-9-13-25(14-10-22)20-34(24(3)31(37)33-32(4,5)6)30(36)21-35(28-19-26(40-7)15-18-29(28)41-8)42(38,39)27-16-11-23(2)12-17-27/h9-19,24H,20-21H2,1-8H3,(H,33,37)/t24-/m0/s1. The molecule has 0 aliphatic rings. The molecule has 0 unspecified atom stereocenters. The van der Waals surface area contributed by atoms with E-state index in [1.807, 2.05) is 58.9 Å². The lowest BCUT2D eigenvalue weighted by molar-refractivity contribution is -0.140. The van der Waals surface area contributed by atoms with Crippen LogP contribution in [0.25, 0.3) is 0 Å². The third-order valence-corrected chi connectivity index (χ3v) is 8.46. The number of nitrogens with zero attached hydrogens (tertiary/aromatic N) is 2. The Kier molecular flexibility index (Phi) is 10.3. The summed E-state index contributed by atoms with van der Waals surface area (Å²) in [4.78, 5) is 28.8. The van der Waals surface area contributed by atoms with Gasteiger partial charge in [0.05, 0.1) is 24.8 Å². The number of ether oxygens (including phenoxy) is 2. The Bertz CT molecular complexity index is 1500. The Morgan fingerprint density at radius 2 is 1.45 bits per heavy atom. The molecule has 42 heavy (non-hydrogen) atoms. The minimum Gasteiger partial charge on any atom is -0.497 e. The molecule has 10 heteroatoms. The van der Waals surface area contributed by atoms with Gasteiger partial charge in [0.15, 0.2) is 0 Å². The maximum atomic E-state index is 14.2. The Balaban J connectivity index is 2.12. The minimum atomic E-state index is -4.26. The predicted molar refractivity (Wildman–Crippen MR) is 164 cm³/mol. The number of carbonyl (C=O) groups excluding carboxylic acids is 2. The van der Waals surface area contributed by atoms with Crippen molar-refractivity contribution in [1.29, 1.82) is 0 Å². The summed E-state index contributed by atoms with van der Waals surface area (Å²) in [6.07, 6.45) is 0. The fourth-order valence-corrected chi connectivity index (χ4v) is 5.71. The molecule has 0 saturated heterocycles. The van der Waals surface area contributed by atoms with Crippen molar-refractivity contribution >= 4 is 27.5 Å². The molecule has 1 N–H and O–H groups in total. The number of benzene rings is 3. The highest BCUT2D eigenvalue weighted by atomic mass is 32.2. The number of nitrogens with one attached hydrogen (secondary N) is 1. The van der Waals surface area contributed by atoms with E-state index in [1.165, 1.54) is 37.3 Å². The summed E-state index contributed by atoms with van der Waals surface area (Å²) in [5.74, 6) is -0.290. The largest absolute Gasteiger partial charge is 0.497 e. The summed E-state index contributed by atoms with van der Waals surface area (Å²) in [5, 5.41) is 2.93. The van der Waals surface area contributed by atoms with E-state index in [9.17, 15) is 18.0 Å². The van der Waals surface area contributed by atoms with Crippen LogP contribution in [-0.4, -0.2) is 57.5 Å². The lowest BCUT2D eigenvalue weighted by atomic mass is 10.1. The van der Waals surface area contributed by atoms with Crippen LogP contribution in [-0.2, 0) is 26.2 Å². The van der Waals surface area contributed by atoms with E-state index in [-0.39, 0.29) is 28.8 Å². The quantitative estimate of drug-likeness (QED) is 0.340. The van der Waals surface area contributed by atoms with Crippen molar-refractivity contribution < 1.29 is 27.5 Å². The number of aryl methyl sites for hydroxylation is 2. The zero-order valence-corrected chi connectivity index (χ0v) is 26.4. The van der Waals surface area contributed by atoms with E-state index in [1.54, 1.807) is 31.2 Å². The number of amides is 2. The first kappa shape index (κ1) is 32.5. The van der Waals surface area contributed by atoms with Crippen LogP contribution in [0.5, 0.6) is 11.5 Å². The third-order valence-electron chi connectivity index (χ3n) is 6.68. The van der Waals surface area contributed by atoms with Crippen LogP contribution < -0.4 is 19.1 Å². The van der Waals surface area contributed by atoms with Gasteiger partial charge in [-0.3, -0.25) is 13.9 Å². The van der Waals surface area contributed by atoms with Gasteiger partial charge in [0, 0.05) is 18.2 Å². The van der Waals surface area contributed by atoms with Gasteiger partial charge in [-0.2, -0.15) is 0 Å². The molecule has 0 spiro atoms. The summed E-state index contributed by atoms with van der Waals surface area (Å²) in [6.45, 7) is 10.5. The highest BCUT2D eigenvalue weighted by Crippen LogP contribution is 2.36. The molecule has 0 fully saturated rings. The lowest BCUT2D eigenvalue weighted by Gasteiger charge is -2.33. The average molecular weight is 596 g/mol. The highest BCUT2D eigenvalue weighted by Gasteiger charge is 2.34. The Hall–Kier alpha value is -4.05. The van der Waals surface area contributed by atoms with E-state index in [0.717, 1.165) is 21.0 Å². The number of sulfonamides is 1. The van der Waals surface area contributed by atoms with Crippen molar-refractivity contribution in [3.63, 3.8) is 0 Å². The van der Waals surface area contributed by atoms with Crippen LogP contribution in [0.15, 0.2) is 71.6 Å². The van der Waals surface area contributed by atoms with Gasteiger partial charge >= 0.3 is 0 Å². The smallest absolute Gasteiger partial charge is 0.264 e. The molecule has 0 radical (unpaired) electrons. The molecule has 0 aliphatic carbocycles. The Labute approximate surface area is 249 Å². The van der Waals surface area contributed by atoms with Crippen molar-refractivity contribution in [2.75, 3.05) is 25.1 Å². The van der Waals surface area contributed by atoms with E-state index < -0.39 is 34.1 Å². The number of hydrogen-bond donors (Lipinski definition) is 1. The molecule has 3 aromatic carbocycles. The average Bonchev–Trinajstić information content (AvgIpc) is 2.94. The molecule has 0 aromatic heterocycles. The fourth-order valence-electron chi connectivity index (χ4n) is 4.29.